The van der Waals surface area contributed by atoms with Crippen molar-refractivity contribution in [2.24, 2.45) is 0 Å². The number of esters is 1. The summed E-state index contributed by atoms with van der Waals surface area (Å²) in [5.74, 6) is -0.433. The number of amides is 1. The van der Waals surface area contributed by atoms with E-state index < -0.39 is 5.97 Å². The number of rotatable bonds is 5. The van der Waals surface area contributed by atoms with Gasteiger partial charge < -0.3 is 14.8 Å². The van der Waals surface area contributed by atoms with Gasteiger partial charge in [-0.1, -0.05) is 11.6 Å². The smallest absolute Gasteiger partial charge is 0.344 e. The summed E-state index contributed by atoms with van der Waals surface area (Å²) in [6.07, 6.45) is 0. The van der Waals surface area contributed by atoms with Gasteiger partial charge in [0.2, 0.25) is 0 Å². The molecule has 0 atom stereocenters. The minimum atomic E-state index is -0.605. The highest BCUT2D eigenvalue weighted by Crippen LogP contribution is 2.20. The zero-order chi connectivity index (χ0) is 16.0. The van der Waals surface area contributed by atoms with Crippen LogP contribution in [0.2, 0.25) is 5.02 Å². The van der Waals surface area contributed by atoms with Crippen LogP contribution in [0.25, 0.3) is 0 Å². The van der Waals surface area contributed by atoms with E-state index in [2.05, 4.69) is 5.32 Å². The molecule has 5 nitrogen and oxygen atoms in total. The molecule has 0 saturated carbocycles. The summed E-state index contributed by atoms with van der Waals surface area (Å²) in [5, 5.41) is 3.32. The number of carbonyl (C=O) groups is 2. The average Bonchev–Trinajstić information content (AvgIpc) is 2.36. The molecule has 1 aromatic rings. The van der Waals surface area contributed by atoms with Gasteiger partial charge in [0.05, 0.1) is 0 Å². The van der Waals surface area contributed by atoms with Crippen LogP contribution in [0.3, 0.4) is 0 Å². The van der Waals surface area contributed by atoms with Crippen molar-refractivity contribution in [2.75, 3.05) is 13.2 Å². The van der Waals surface area contributed by atoms with E-state index in [0.29, 0.717) is 10.8 Å². The third-order valence-corrected chi connectivity index (χ3v) is 2.79. The molecular formula is C15H20ClNO4. The molecule has 0 radical (unpaired) electrons. The first kappa shape index (κ1) is 17.3. The fourth-order valence-electron chi connectivity index (χ4n) is 1.49. The Hall–Kier alpha value is -1.75. The number of benzene rings is 1. The zero-order valence-corrected chi connectivity index (χ0v) is 13.4. The molecule has 1 aromatic carbocycles. The van der Waals surface area contributed by atoms with Crippen LogP contribution in [0.1, 0.15) is 26.3 Å². The van der Waals surface area contributed by atoms with Crippen molar-refractivity contribution in [2.45, 2.75) is 33.2 Å². The maximum absolute atomic E-state index is 11.5. The van der Waals surface area contributed by atoms with Crippen LogP contribution >= 0.6 is 11.6 Å². The summed E-state index contributed by atoms with van der Waals surface area (Å²) in [6, 6.07) is 5.07. The molecule has 0 aliphatic rings. The molecule has 0 heterocycles. The van der Waals surface area contributed by atoms with Crippen LogP contribution < -0.4 is 10.1 Å². The van der Waals surface area contributed by atoms with Gasteiger partial charge in [0.25, 0.3) is 5.91 Å². The second kappa shape index (κ2) is 7.31. The number of aryl methyl sites for hydroxylation is 1. The Bertz CT molecular complexity index is 523. The van der Waals surface area contributed by atoms with Crippen LogP contribution in [0.5, 0.6) is 5.75 Å². The average molecular weight is 314 g/mol. The molecule has 0 saturated heterocycles. The van der Waals surface area contributed by atoms with E-state index in [1.807, 2.05) is 27.7 Å². The van der Waals surface area contributed by atoms with Gasteiger partial charge in [-0.05, 0) is 51.5 Å². The Morgan fingerprint density at radius 2 is 1.90 bits per heavy atom. The number of hydrogen-bond donors (Lipinski definition) is 1. The lowest BCUT2D eigenvalue weighted by Crippen LogP contribution is -2.43. The molecular weight excluding hydrogens is 294 g/mol. The van der Waals surface area contributed by atoms with Crippen LogP contribution in [-0.4, -0.2) is 30.6 Å². The summed E-state index contributed by atoms with van der Waals surface area (Å²) < 4.78 is 10.1. The summed E-state index contributed by atoms with van der Waals surface area (Å²) in [5.41, 5.74) is 0.493. The molecule has 0 spiro atoms. The van der Waals surface area contributed by atoms with E-state index in [0.717, 1.165) is 5.56 Å². The fourth-order valence-corrected chi connectivity index (χ4v) is 1.61. The van der Waals surface area contributed by atoms with Crippen LogP contribution in [0.4, 0.5) is 0 Å². The van der Waals surface area contributed by atoms with E-state index >= 15 is 0 Å². The van der Waals surface area contributed by atoms with E-state index in [9.17, 15) is 9.59 Å². The van der Waals surface area contributed by atoms with Crippen molar-refractivity contribution in [3.8, 4) is 5.75 Å². The number of nitrogens with one attached hydrogen (secondary N) is 1. The Morgan fingerprint density at radius 1 is 1.24 bits per heavy atom. The van der Waals surface area contributed by atoms with Crippen molar-refractivity contribution in [1.29, 1.82) is 0 Å². The Morgan fingerprint density at radius 3 is 2.48 bits per heavy atom. The SMILES string of the molecule is Cc1cc(OCC(=O)OCC(=O)NC(C)(C)C)ccc1Cl. The maximum atomic E-state index is 11.5. The third-order valence-electron chi connectivity index (χ3n) is 2.36. The maximum Gasteiger partial charge on any atom is 0.344 e. The normalized spacial score (nSPS) is 10.9. The predicted octanol–water partition coefficient (Wildman–Crippen LogP) is 2.49. The largest absolute Gasteiger partial charge is 0.482 e. The molecule has 1 amide bonds. The molecule has 0 aliphatic carbocycles. The number of halogens is 1. The second-order valence-electron chi connectivity index (χ2n) is 5.66. The summed E-state index contributed by atoms with van der Waals surface area (Å²) in [4.78, 5) is 23.0. The van der Waals surface area contributed by atoms with Gasteiger partial charge in [0.15, 0.2) is 13.2 Å². The quantitative estimate of drug-likeness (QED) is 0.848. The second-order valence-corrected chi connectivity index (χ2v) is 6.07. The molecule has 0 fully saturated rings. The highest BCUT2D eigenvalue weighted by atomic mass is 35.5. The molecule has 0 aromatic heterocycles. The summed E-state index contributed by atoms with van der Waals surface area (Å²) in [7, 11) is 0. The topological polar surface area (TPSA) is 64.6 Å². The first-order valence-corrected chi connectivity index (χ1v) is 6.91. The number of hydrogen-bond acceptors (Lipinski definition) is 4. The molecule has 0 bridgehead atoms. The predicted molar refractivity (Wildman–Crippen MR) is 80.5 cm³/mol. The van der Waals surface area contributed by atoms with Gasteiger partial charge in [0, 0.05) is 10.6 Å². The van der Waals surface area contributed by atoms with Gasteiger partial charge in [-0.25, -0.2) is 4.79 Å². The summed E-state index contributed by atoms with van der Waals surface area (Å²) >= 11 is 5.89. The van der Waals surface area contributed by atoms with E-state index in [4.69, 9.17) is 21.1 Å². The Balaban J connectivity index is 2.34. The molecule has 0 aliphatic heterocycles. The standard InChI is InChI=1S/C15H20ClNO4/c1-10-7-11(5-6-12(10)16)20-9-14(19)21-8-13(18)17-15(2,3)4/h5-7H,8-9H2,1-4H3,(H,17,18). The molecule has 1 N–H and O–H groups in total. The van der Waals surface area contributed by atoms with Crippen LogP contribution in [0.15, 0.2) is 18.2 Å². The fraction of sp³-hybridized carbons (Fsp3) is 0.467. The molecule has 6 heteroatoms. The Labute approximate surface area is 129 Å². The minimum absolute atomic E-state index is 0.260. The van der Waals surface area contributed by atoms with E-state index in [1.54, 1.807) is 18.2 Å². The van der Waals surface area contributed by atoms with Gasteiger partial charge in [0.1, 0.15) is 5.75 Å². The molecule has 1 rings (SSSR count). The van der Waals surface area contributed by atoms with Gasteiger partial charge in [-0.15, -0.1) is 0 Å². The molecule has 21 heavy (non-hydrogen) atoms. The molecule has 116 valence electrons. The molecule has 0 unspecified atom stereocenters. The monoisotopic (exact) mass is 313 g/mol. The number of carbonyl (C=O) groups excluding carboxylic acids is 2. The lowest BCUT2D eigenvalue weighted by Gasteiger charge is -2.20. The lowest BCUT2D eigenvalue weighted by atomic mass is 10.1. The highest BCUT2D eigenvalue weighted by molar-refractivity contribution is 6.31. The minimum Gasteiger partial charge on any atom is -0.482 e. The first-order valence-electron chi connectivity index (χ1n) is 6.53. The van der Waals surface area contributed by atoms with Gasteiger partial charge in [-0.3, -0.25) is 4.79 Å². The lowest BCUT2D eigenvalue weighted by molar-refractivity contribution is -0.150. The van der Waals surface area contributed by atoms with Crippen molar-refractivity contribution < 1.29 is 19.1 Å². The van der Waals surface area contributed by atoms with Crippen molar-refractivity contribution in [3.05, 3.63) is 28.8 Å². The zero-order valence-electron chi connectivity index (χ0n) is 12.7. The van der Waals surface area contributed by atoms with E-state index in [1.165, 1.54) is 0 Å². The van der Waals surface area contributed by atoms with Crippen molar-refractivity contribution in [3.63, 3.8) is 0 Å². The third kappa shape index (κ3) is 6.99. The van der Waals surface area contributed by atoms with Gasteiger partial charge >= 0.3 is 5.97 Å². The Kier molecular flexibility index (Phi) is 6.03. The first-order chi connectivity index (χ1) is 9.67. The van der Waals surface area contributed by atoms with Crippen LogP contribution in [0, 0.1) is 6.92 Å². The summed E-state index contributed by atoms with van der Waals surface area (Å²) in [6.45, 7) is 6.80. The van der Waals surface area contributed by atoms with Crippen LogP contribution in [-0.2, 0) is 14.3 Å². The van der Waals surface area contributed by atoms with Crippen molar-refractivity contribution >= 4 is 23.5 Å². The van der Waals surface area contributed by atoms with E-state index in [-0.39, 0.29) is 24.7 Å². The highest BCUT2D eigenvalue weighted by Gasteiger charge is 2.15. The van der Waals surface area contributed by atoms with Crippen molar-refractivity contribution in [1.82, 2.24) is 5.32 Å². The van der Waals surface area contributed by atoms with Gasteiger partial charge in [-0.2, -0.15) is 0 Å². The number of ether oxygens (including phenoxy) is 2.